The summed E-state index contributed by atoms with van der Waals surface area (Å²) in [6.07, 6.45) is 3.46. The van der Waals surface area contributed by atoms with E-state index in [1.807, 2.05) is 28.7 Å². The lowest BCUT2D eigenvalue weighted by molar-refractivity contribution is 1.16. The van der Waals surface area contributed by atoms with Crippen LogP contribution >= 0.6 is 22.7 Å². The Kier molecular flexibility index (Phi) is 7.50. The first-order valence-electron chi connectivity index (χ1n) is 18.2. The smallest absolute Gasteiger partial charge is 0.178 e. The normalized spacial score (nSPS) is 11.6. The Balaban J connectivity index is 1.15. The Bertz CT molecular complexity index is 3060. The van der Waals surface area contributed by atoms with E-state index in [0.29, 0.717) is 5.82 Å². The van der Waals surface area contributed by atoms with Crippen LogP contribution in [0.25, 0.3) is 108 Å². The quantitative estimate of drug-likeness (QED) is 0.185. The van der Waals surface area contributed by atoms with Crippen LogP contribution in [0.2, 0.25) is 0 Å². The molecule has 0 saturated carbocycles. The number of hydrogen-bond donors (Lipinski definition) is 1. The second-order valence-corrected chi connectivity index (χ2v) is 15.8. The number of aromatic amines is 1. The minimum Gasteiger partial charge on any atom is -0.342 e. The van der Waals surface area contributed by atoms with E-state index in [1.165, 1.54) is 57.0 Å². The van der Waals surface area contributed by atoms with E-state index in [9.17, 15) is 0 Å². The molecule has 0 unspecified atom stereocenters. The fourth-order valence-corrected chi connectivity index (χ4v) is 10.2. The molecular formula is C49H30N4S2. The summed E-state index contributed by atoms with van der Waals surface area (Å²) < 4.78 is 5.15. The molecule has 0 bridgehead atoms. The Morgan fingerprint density at radius 3 is 1.51 bits per heavy atom. The highest BCUT2D eigenvalue weighted by Gasteiger charge is 2.18. The molecule has 0 aliphatic heterocycles. The summed E-state index contributed by atoms with van der Waals surface area (Å²) in [5.74, 6) is 0.599. The van der Waals surface area contributed by atoms with Gasteiger partial charge in [0, 0.05) is 51.5 Å². The van der Waals surface area contributed by atoms with Crippen LogP contribution in [0.3, 0.4) is 0 Å². The molecule has 4 aromatic heterocycles. The monoisotopic (exact) mass is 738 g/mol. The number of nitrogens with zero attached hydrogens (tertiary/aromatic N) is 3. The van der Waals surface area contributed by atoms with Crippen LogP contribution in [-0.4, -0.2) is 19.9 Å². The van der Waals surface area contributed by atoms with Gasteiger partial charge in [-0.25, -0.2) is 15.0 Å². The van der Waals surface area contributed by atoms with Crippen LogP contribution in [0.5, 0.6) is 0 Å². The number of benzene rings is 7. The average molecular weight is 739 g/mol. The van der Waals surface area contributed by atoms with Crippen molar-refractivity contribution in [1.29, 1.82) is 0 Å². The van der Waals surface area contributed by atoms with E-state index < -0.39 is 0 Å². The van der Waals surface area contributed by atoms with Gasteiger partial charge in [0.05, 0.1) is 23.9 Å². The van der Waals surface area contributed by atoms with Gasteiger partial charge in [0.15, 0.2) is 5.82 Å². The zero-order valence-electron chi connectivity index (χ0n) is 29.4. The highest BCUT2D eigenvalue weighted by atomic mass is 32.1. The maximum absolute atomic E-state index is 5.22. The van der Waals surface area contributed by atoms with Crippen LogP contribution in [0.1, 0.15) is 0 Å². The molecule has 258 valence electrons. The Morgan fingerprint density at radius 1 is 0.400 bits per heavy atom. The molecule has 11 aromatic rings. The summed E-state index contributed by atoms with van der Waals surface area (Å²) in [7, 11) is 0. The standard InChI is InChI=1S/C49H30N4S2/c1-2-10-30(11-3-1)31-20-22-32(23-21-31)42-27-43(53-49(52-42)44-28-50-29-51-44)35-25-33(36-14-8-16-40-38-12-4-6-18-45(38)54-47(36)40)24-34(26-35)37-15-9-17-41-39-13-5-7-19-46(39)55-48(37)41/h1-29H,(H,50,51). The highest BCUT2D eigenvalue weighted by molar-refractivity contribution is 7.26. The topological polar surface area (TPSA) is 54.5 Å². The predicted molar refractivity (Wildman–Crippen MR) is 233 cm³/mol. The SMILES string of the molecule is c1ccc(-c2ccc(-c3cc(-c4cc(-c5cccc6c5sc5ccccc56)cc(-c5cccc6c5sc5ccccc56)c4)nc(-c4cnc[nH]4)n3)cc2)cc1. The summed E-state index contributed by atoms with van der Waals surface area (Å²) >= 11 is 3.71. The third kappa shape index (κ3) is 5.54. The van der Waals surface area contributed by atoms with Crippen molar-refractivity contribution in [2.24, 2.45) is 0 Å². The minimum atomic E-state index is 0.599. The largest absolute Gasteiger partial charge is 0.342 e. The molecule has 0 aliphatic carbocycles. The maximum atomic E-state index is 5.22. The first-order chi connectivity index (χ1) is 27.2. The summed E-state index contributed by atoms with van der Waals surface area (Å²) in [6.45, 7) is 0. The van der Waals surface area contributed by atoms with Gasteiger partial charge in [0.25, 0.3) is 0 Å². The van der Waals surface area contributed by atoms with Crippen molar-refractivity contribution in [3.63, 3.8) is 0 Å². The molecule has 55 heavy (non-hydrogen) atoms. The Hall–Kier alpha value is -6.73. The third-order valence-corrected chi connectivity index (χ3v) is 12.9. The maximum Gasteiger partial charge on any atom is 0.178 e. The first-order valence-corrected chi connectivity index (χ1v) is 19.9. The van der Waals surface area contributed by atoms with Crippen molar-refractivity contribution in [3.8, 4) is 67.4 Å². The summed E-state index contributed by atoms with van der Waals surface area (Å²) in [6, 6.07) is 59.0. The molecule has 0 aliphatic rings. The van der Waals surface area contributed by atoms with Gasteiger partial charge < -0.3 is 4.98 Å². The van der Waals surface area contributed by atoms with E-state index in [4.69, 9.17) is 9.97 Å². The van der Waals surface area contributed by atoms with Crippen molar-refractivity contribution in [2.75, 3.05) is 0 Å². The van der Waals surface area contributed by atoms with Gasteiger partial charge >= 0.3 is 0 Å². The molecule has 6 heteroatoms. The van der Waals surface area contributed by atoms with E-state index in [0.717, 1.165) is 44.9 Å². The number of aromatic nitrogens is 4. The number of fused-ring (bicyclic) bond motifs is 6. The molecule has 4 heterocycles. The number of imidazole rings is 1. The summed E-state index contributed by atoms with van der Waals surface area (Å²) in [5, 5.41) is 5.14. The van der Waals surface area contributed by atoms with Gasteiger partial charge in [-0.15, -0.1) is 22.7 Å². The molecule has 0 saturated heterocycles. The number of rotatable bonds is 6. The number of nitrogens with one attached hydrogen (secondary N) is 1. The number of H-pyrrole nitrogens is 1. The van der Waals surface area contributed by atoms with Crippen molar-refractivity contribution >= 4 is 63.0 Å². The molecule has 0 atom stereocenters. The second-order valence-electron chi connectivity index (χ2n) is 13.7. The number of hydrogen-bond acceptors (Lipinski definition) is 5. The molecule has 0 spiro atoms. The molecule has 4 nitrogen and oxygen atoms in total. The van der Waals surface area contributed by atoms with Gasteiger partial charge in [-0.3, -0.25) is 0 Å². The average Bonchev–Trinajstić information content (AvgIpc) is 4.02. The molecule has 0 fully saturated rings. The van der Waals surface area contributed by atoms with Gasteiger partial charge in [0.1, 0.15) is 5.69 Å². The van der Waals surface area contributed by atoms with E-state index in [1.54, 1.807) is 12.5 Å². The van der Waals surface area contributed by atoms with Gasteiger partial charge in [-0.2, -0.15) is 0 Å². The van der Waals surface area contributed by atoms with Crippen molar-refractivity contribution in [1.82, 2.24) is 19.9 Å². The molecule has 7 aromatic carbocycles. The van der Waals surface area contributed by atoms with Gasteiger partial charge in [-0.1, -0.05) is 127 Å². The Labute approximate surface area is 325 Å². The lowest BCUT2D eigenvalue weighted by atomic mass is 9.93. The van der Waals surface area contributed by atoms with Crippen molar-refractivity contribution < 1.29 is 0 Å². The van der Waals surface area contributed by atoms with E-state index in [2.05, 4.69) is 168 Å². The van der Waals surface area contributed by atoms with E-state index >= 15 is 0 Å². The predicted octanol–water partition coefficient (Wildman–Crippen LogP) is 13.9. The summed E-state index contributed by atoms with van der Waals surface area (Å²) in [5.41, 5.74) is 11.6. The fraction of sp³-hybridized carbons (Fsp3) is 0. The van der Waals surface area contributed by atoms with Gasteiger partial charge in [0.2, 0.25) is 0 Å². The summed E-state index contributed by atoms with van der Waals surface area (Å²) in [4.78, 5) is 17.9. The van der Waals surface area contributed by atoms with Crippen LogP contribution < -0.4 is 0 Å². The van der Waals surface area contributed by atoms with Crippen LogP contribution in [0.15, 0.2) is 176 Å². The van der Waals surface area contributed by atoms with Crippen molar-refractivity contribution in [2.45, 2.75) is 0 Å². The third-order valence-electron chi connectivity index (χ3n) is 10.4. The highest BCUT2D eigenvalue weighted by Crippen LogP contribution is 2.45. The lowest BCUT2D eigenvalue weighted by Crippen LogP contribution is -1.97. The van der Waals surface area contributed by atoms with E-state index in [-0.39, 0.29) is 0 Å². The zero-order chi connectivity index (χ0) is 36.3. The molecule has 0 radical (unpaired) electrons. The lowest BCUT2D eigenvalue weighted by Gasteiger charge is -2.14. The Morgan fingerprint density at radius 2 is 0.909 bits per heavy atom. The van der Waals surface area contributed by atoms with Crippen molar-refractivity contribution in [3.05, 3.63) is 176 Å². The van der Waals surface area contributed by atoms with Crippen LogP contribution in [-0.2, 0) is 0 Å². The molecule has 1 N–H and O–H groups in total. The van der Waals surface area contributed by atoms with Crippen LogP contribution in [0, 0.1) is 0 Å². The molecular weight excluding hydrogens is 709 g/mol. The number of thiophene rings is 2. The fourth-order valence-electron chi connectivity index (χ4n) is 7.74. The minimum absolute atomic E-state index is 0.599. The van der Waals surface area contributed by atoms with Gasteiger partial charge in [-0.05, 0) is 69.8 Å². The second kappa shape index (κ2) is 13.0. The molecule has 0 amide bonds. The molecule has 11 rings (SSSR count). The van der Waals surface area contributed by atoms with Crippen LogP contribution in [0.4, 0.5) is 0 Å². The first kappa shape index (κ1) is 31.8. The zero-order valence-corrected chi connectivity index (χ0v) is 31.0.